The van der Waals surface area contributed by atoms with Crippen molar-refractivity contribution in [3.8, 4) is 50.8 Å². The van der Waals surface area contributed by atoms with Crippen LogP contribution in [-0.2, 0) is 109 Å². The zero-order chi connectivity index (χ0) is 77.4. The number of ketones is 2. The fourth-order valence-corrected chi connectivity index (χ4v) is 10.6. The number of carboxylic acid groups (broad SMARTS) is 1. The minimum Gasteiger partial charge on any atom is -0.512 e. The number of methoxy groups -OCH3 is 1. The molecule has 0 spiro atoms. The maximum Gasteiger partial charge on any atom is 0.399 e. The zero-order valence-corrected chi connectivity index (χ0v) is 70.9. The van der Waals surface area contributed by atoms with Crippen LogP contribution in [0, 0.1) is 31.2 Å². The van der Waals surface area contributed by atoms with Crippen molar-refractivity contribution in [3.05, 3.63) is 324 Å². The Balaban J connectivity index is 0.000000283. The number of benzene rings is 9. The van der Waals surface area contributed by atoms with E-state index in [0.29, 0.717) is 17.5 Å². The predicted octanol–water partition coefficient (Wildman–Crippen LogP) is 22.8. The van der Waals surface area contributed by atoms with E-state index in [2.05, 4.69) is 158 Å². The van der Waals surface area contributed by atoms with Crippen molar-refractivity contribution in [2.45, 2.75) is 80.1 Å². The van der Waals surface area contributed by atoms with Gasteiger partial charge in [-0.3, -0.25) is 29.5 Å². The van der Waals surface area contributed by atoms with E-state index >= 15 is 0 Å². The van der Waals surface area contributed by atoms with Gasteiger partial charge in [0.15, 0.2) is 11.6 Å². The number of carbonyl (C=O) groups excluding carboxylic acids is 2. The molecule has 3 N–H and O–H groups in total. The number of alkyl halides is 6. The number of rotatable bonds is 10. The number of carbonyl (C=O) groups is 3. The van der Waals surface area contributed by atoms with Crippen LogP contribution in [0.15, 0.2) is 266 Å². The zero-order valence-electron chi connectivity index (χ0n) is 61.3. The van der Waals surface area contributed by atoms with Gasteiger partial charge in [0.05, 0.1) is 40.7 Å². The Morgan fingerprint density at radius 1 is 0.477 bits per heavy atom. The topological polar surface area (TPSA) is 186 Å². The average Bonchev–Trinajstić information content (AvgIpc) is 0.808. The molecule has 0 atom stereocenters. The molecule has 111 heavy (non-hydrogen) atoms. The van der Waals surface area contributed by atoms with Gasteiger partial charge in [-0.05, 0) is 138 Å². The molecule has 0 aliphatic carbocycles. The van der Waals surface area contributed by atoms with Crippen LogP contribution < -0.4 is 4.74 Å². The number of halogens is 6. The molecular formula is C89H75F6Ir4N5O7-4. The van der Waals surface area contributed by atoms with Crippen LogP contribution in [0.25, 0.3) is 99.4 Å². The maximum atomic E-state index is 12.9. The summed E-state index contributed by atoms with van der Waals surface area (Å²) in [6, 6.07) is 85.0. The van der Waals surface area contributed by atoms with E-state index in [9.17, 15) is 40.7 Å². The molecule has 0 fully saturated rings. The van der Waals surface area contributed by atoms with Gasteiger partial charge in [0, 0.05) is 98.8 Å². The Kier molecular flexibility index (Phi) is 37.5. The summed E-state index contributed by atoms with van der Waals surface area (Å²) >= 11 is 0. The molecular weight excluding hydrogens is 2130 g/mol. The van der Waals surface area contributed by atoms with Crippen molar-refractivity contribution in [2.75, 3.05) is 7.11 Å². The monoisotopic (exact) mass is 2210 g/mol. The summed E-state index contributed by atoms with van der Waals surface area (Å²) in [5.41, 5.74) is 10.3. The molecule has 0 amide bonds. The number of aromatic nitrogens is 5. The quantitative estimate of drug-likeness (QED) is 0.0510. The average molecular weight is 2210 g/mol. The van der Waals surface area contributed by atoms with Gasteiger partial charge < -0.3 is 20.1 Å². The normalized spacial score (nSPS) is 10.8. The van der Waals surface area contributed by atoms with Gasteiger partial charge in [0.2, 0.25) is 0 Å². The van der Waals surface area contributed by atoms with Gasteiger partial charge in [-0.15, -0.1) is 124 Å². The van der Waals surface area contributed by atoms with Crippen molar-refractivity contribution in [2.24, 2.45) is 0 Å². The molecule has 0 aliphatic heterocycles. The number of hydrogen-bond donors (Lipinski definition) is 3. The second-order valence-electron chi connectivity index (χ2n) is 24.5. The molecule has 14 rings (SSSR count). The number of ether oxygens (including phenoxy) is 1. The van der Waals surface area contributed by atoms with Crippen LogP contribution in [-0.4, -0.2) is 64.9 Å². The van der Waals surface area contributed by atoms with Crippen LogP contribution in [0.3, 0.4) is 0 Å². The summed E-state index contributed by atoms with van der Waals surface area (Å²) in [4.78, 5) is 52.2. The van der Waals surface area contributed by atoms with E-state index in [-0.39, 0.29) is 127 Å². The summed E-state index contributed by atoms with van der Waals surface area (Å²) < 4.78 is 82.6. The number of aliphatic hydroxyl groups is 2. The number of para-hydroxylation sites is 4. The number of pyridine rings is 5. The third-order valence-corrected chi connectivity index (χ3v) is 15.7. The summed E-state index contributed by atoms with van der Waals surface area (Å²) in [7, 11) is 1.68. The third-order valence-electron chi connectivity index (χ3n) is 15.7. The number of fused-ring (bicyclic) bond motifs is 5. The molecule has 0 bridgehead atoms. The summed E-state index contributed by atoms with van der Waals surface area (Å²) in [6.07, 6.45) is -5.02. The summed E-state index contributed by atoms with van der Waals surface area (Å²) in [6.45, 7) is 14.4. The van der Waals surface area contributed by atoms with Crippen molar-refractivity contribution < 1.29 is 141 Å². The van der Waals surface area contributed by atoms with Crippen molar-refractivity contribution in [1.29, 1.82) is 0 Å². The van der Waals surface area contributed by atoms with Crippen LogP contribution in [0.4, 0.5) is 26.3 Å². The van der Waals surface area contributed by atoms with Gasteiger partial charge in [0.25, 0.3) is 0 Å². The SMILES string of the molecule is CC(=O)C=C(C)O.CC(=O)C=C(C)O.CCc1cc[c-]c(-c2ccc3ccccc3n2)c1.COc1ccc2cc(-c3ccc4ccccc4n3)[c-]cc2c1.Cc1[c-]c(-c2nc3ccccc3cc2C(C)C)ccc1.FC(F)(F)c1[c-]c(-c2ccc3ccccc3n2)cc(C(F)(F)F)c1.O=C(O)c1ccccn1.[Ir].[Ir].[Ir].[Ir]. The minimum atomic E-state index is -4.94. The van der Waals surface area contributed by atoms with Crippen LogP contribution in [0.5, 0.6) is 5.75 Å². The van der Waals surface area contributed by atoms with Crippen molar-refractivity contribution >= 4 is 71.9 Å². The molecule has 0 saturated heterocycles. The molecule has 0 saturated carbocycles. The smallest absolute Gasteiger partial charge is 0.399 e. The van der Waals surface area contributed by atoms with E-state index in [0.717, 1.165) is 89.6 Å². The van der Waals surface area contributed by atoms with Crippen molar-refractivity contribution in [1.82, 2.24) is 24.9 Å². The molecule has 5 aromatic heterocycles. The van der Waals surface area contributed by atoms with E-state index in [4.69, 9.17) is 30.0 Å². The fourth-order valence-electron chi connectivity index (χ4n) is 10.6. The largest absolute Gasteiger partial charge is 0.512 e. The fraction of sp³-hybridized carbons (Fsp3) is 0.146. The van der Waals surface area contributed by atoms with Crippen LogP contribution in [0.2, 0.25) is 0 Å². The molecule has 12 nitrogen and oxygen atoms in total. The second kappa shape index (κ2) is 44.7. The number of hydrogen-bond acceptors (Lipinski definition) is 11. The molecule has 9 aromatic carbocycles. The Labute approximate surface area is 694 Å². The number of aliphatic hydroxyl groups excluding tert-OH is 2. The molecule has 580 valence electrons. The Hall–Kier alpha value is -10.1. The number of aromatic carboxylic acids is 1. The molecule has 5 heterocycles. The number of nitrogens with zero attached hydrogens (tertiary/aromatic N) is 5. The van der Waals surface area contributed by atoms with Crippen LogP contribution in [0.1, 0.15) is 92.7 Å². The van der Waals surface area contributed by atoms with Crippen LogP contribution >= 0.6 is 0 Å². The van der Waals surface area contributed by atoms with E-state index in [1.165, 1.54) is 80.1 Å². The first-order valence-corrected chi connectivity index (χ1v) is 33.6. The number of carboxylic acids is 1. The van der Waals surface area contributed by atoms with E-state index in [1.807, 2.05) is 78.9 Å². The van der Waals surface area contributed by atoms with Gasteiger partial charge in [0.1, 0.15) is 11.4 Å². The van der Waals surface area contributed by atoms with Gasteiger partial charge in [-0.25, -0.2) is 9.78 Å². The van der Waals surface area contributed by atoms with Gasteiger partial charge >= 0.3 is 18.3 Å². The third kappa shape index (κ3) is 28.6. The van der Waals surface area contributed by atoms with Crippen molar-refractivity contribution in [3.63, 3.8) is 0 Å². The summed E-state index contributed by atoms with van der Waals surface area (Å²) in [5, 5.41) is 31.6. The molecule has 0 aliphatic rings. The Bertz CT molecular complexity index is 5430. The molecule has 14 aromatic rings. The minimum absolute atomic E-state index is 0. The molecule has 22 heteroatoms. The summed E-state index contributed by atoms with van der Waals surface area (Å²) in [5.74, 6) is 0.184. The number of aryl methyl sites for hydroxylation is 2. The van der Waals surface area contributed by atoms with Gasteiger partial charge in [-0.1, -0.05) is 172 Å². The predicted molar refractivity (Wildman–Crippen MR) is 412 cm³/mol. The van der Waals surface area contributed by atoms with Gasteiger partial charge in [-0.2, -0.15) is 26.3 Å². The second-order valence-corrected chi connectivity index (χ2v) is 24.5. The maximum absolute atomic E-state index is 12.9. The first kappa shape index (κ1) is 93.3. The standard InChI is InChI=1S/C20H14NO.C19H18N.C17H8F6N.C17H14N.C6H5NO2.2C5H8O2.4Ir/c1-22-18-10-8-15-12-17(7-6-16(15)13-18)20-11-9-14-4-2-3-5-19(14)21-20;1-13(2)17-12-15-8-4-5-10-18(15)20-19(17)16-9-6-7-14(3)11-16;18-16(19,20)12-7-11(8-13(9-12)17(21,22)23)15-6-5-10-3-1-2-4-14(10)24-15;1-2-13-6-5-8-15(12-13)17-11-10-14-7-3-4-9-16(14)18-17;8-6(9)5-3-1-2-4-7-5;2*1-4(6)3-5(2)7;;;;/h2-6,8-13H,1H3;4-10,12-13H,1-3H3;1-7,9H;3-7,9-12H,2H2,1H3;1-4H,(H,8,9);2*3,6H,1-2H3;;;;/q4*-1;;;;;;;. The Morgan fingerprint density at radius 3 is 1.40 bits per heavy atom. The van der Waals surface area contributed by atoms with E-state index < -0.39 is 29.4 Å². The molecule has 0 unspecified atom stereocenters. The van der Waals surface area contributed by atoms with E-state index in [1.54, 1.807) is 49.6 Å². The number of allylic oxidation sites excluding steroid dienone is 4. The first-order valence-electron chi connectivity index (χ1n) is 33.6. The Morgan fingerprint density at radius 2 is 0.964 bits per heavy atom. The molecule has 4 radical (unpaired) electrons. The first-order chi connectivity index (χ1) is 51.0.